The van der Waals surface area contributed by atoms with E-state index in [-0.39, 0.29) is 24.6 Å². The first kappa shape index (κ1) is 15.5. The Morgan fingerprint density at radius 2 is 2.13 bits per heavy atom. The Morgan fingerprint density at radius 3 is 2.83 bits per heavy atom. The van der Waals surface area contributed by atoms with Crippen LogP contribution in [0.4, 0.5) is 4.79 Å². The van der Waals surface area contributed by atoms with E-state index in [1.165, 1.54) is 11.0 Å². The fourth-order valence-corrected chi connectivity index (χ4v) is 2.76. The van der Waals surface area contributed by atoms with Crippen molar-refractivity contribution in [3.05, 3.63) is 27.9 Å². The van der Waals surface area contributed by atoms with Gasteiger partial charge >= 0.3 is 6.03 Å². The average molecular weight is 319 g/mol. The van der Waals surface area contributed by atoms with Crippen LogP contribution in [0.15, 0.2) is 10.9 Å². The van der Waals surface area contributed by atoms with E-state index in [9.17, 15) is 14.4 Å². The van der Waals surface area contributed by atoms with E-state index in [1.54, 1.807) is 4.57 Å². The number of carbonyl (C=O) groups is 2. The summed E-state index contributed by atoms with van der Waals surface area (Å²) in [7, 11) is 0. The van der Waals surface area contributed by atoms with E-state index >= 15 is 0 Å². The third-order valence-electron chi connectivity index (χ3n) is 4.23. The normalized spacial score (nSPS) is 17.3. The van der Waals surface area contributed by atoms with Crippen LogP contribution in [0.2, 0.25) is 0 Å². The highest BCUT2D eigenvalue weighted by molar-refractivity contribution is 5.76. The summed E-state index contributed by atoms with van der Waals surface area (Å²) in [5, 5.41) is 2.80. The standard InChI is InChI=1S/C15H21N5O3/c16-15(23)19-4-1-5-20-12(9-19)18-11(7-14(20)22)8-17-13(21)6-10-2-3-10/h7,10H,1-6,8-9H2,(H2,16,23)(H,17,21). The number of hydrogen-bond donors (Lipinski definition) is 2. The third kappa shape index (κ3) is 3.88. The molecule has 2 aliphatic rings. The van der Waals surface area contributed by atoms with E-state index in [2.05, 4.69) is 10.3 Å². The van der Waals surface area contributed by atoms with Crippen molar-refractivity contribution < 1.29 is 9.59 Å². The van der Waals surface area contributed by atoms with Gasteiger partial charge in [-0.05, 0) is 25.2 Å². The minimum absolute atomic E-state index is 0.0110. The van der Waals surface area contributed by atoms with Gasteiger partial charge in [0.1, 0.15) is 5.82 Å². The number of amides is 3. The van der Waals surface area contributed by atoms with Crippen LogP contribution in [0.3, 0.4) is 0 Å². The second-order valence-corrected chi connectivity index (χ2v) is 6.19. The van der Waals surface area contributed by atoms with Crippen molar-refractivity contribution in [1.29, 1.82) is 0 Å². The largest absolute Gasteiger partial charge is 0.351 e. The summed E-state index contributed by atoms with van der Waals surface area (Å²) < 4.78 is 1.57. The van der Waals surface area contributed by atoms with Crippen LogP contribution >= 0.6 is 0 Å². The van der Waals surface area contributed by atoms with Crippen LogP contribution in [-0.4, -0.2) is 32.9 Å². The molecule has 23 heavy (non-hydrogen) atoms. The third-order valence-corrected chi connectivity index (χ3v) is 4.23. The van der Waals surface area contributed by atoms with Crippen LogP contribution in [0.1, 0.15) is 37.2 Å². The maximum absolute atomic E-state index is 12.2. The van der Waals surface area contributed by atoms with Crippen LogP contribution in [0, 0.1) is 5.92 Å². The smallest absolute Gasteiger partial charge is 0.315 e. The molecule has 3 N–H and O–H groups in total. The van der Waals surface area contributed by atoms with Gasteiger partial charge in [0.05, 0.1) is 18.8 Å². The van der Waals surface area contributed by atoms with Crippen molar-refractivity contribution in [1.82, 2.24) is 19.8 Å². The van der Waals surface area contributed by atoms with Gasteiger partial charge in [-0.1, -0.05) is 0 Å². The second-order valence-electron chi connectivity index (χ2n) is 6.19. The number of urea groups is 1. The van der Waals surface area contributed by atoms with E-state index in [0.717, 1.165) is 12.8 Å². The molecule has 0 unspecified atom stereocenters. The van der Waals surface area contributed by atoms with Crippen molar-refractivity contribution in [3.8, 4) is 0 Å². The lowest BCUT2D eigenvalue weighted by atomic mass is 10.3. The molecule has 8 nitrogen and oxygen atoms in total. The van der Waals surface area contributed by atoms with Gasteiger partial charge in [0.15, 0.2) is 0 Å². The lowest BCUT2D eigenvalue weighted by Gasteiger charge is -2.17. The monoisotopic (exact) mass is 319 g/mol. The Balaban J connectivity index is 1.72. The summed E-state index contributed by atoms with van der Waals surface area (Å²) in [6.45, 7) is 1.46. The highest BCUT2D eigenvalue weighted by atomic mass is 16.2. The molecule has 2 heterocycles. The quantitative estimate of drug-likeness (QED) is 0.810. The molecule has 0 aromatic carbocycles. The summed E-state index contributed by atoms with van der Waals surface area (Å²) >= 11 is 0. The Labute approximate surface area is 133 Å². The molecular weight excluding hydrogens is 298 g/mol. The molecule has 0 radical (unpaired) electrons. The van der Waals surface area contributed by atoms with Gasteiger partial charge in [-0.25, -0.2) is 9.78 Å². The Morgan fingerprint density at radius 1 is 1.35 bits per heavy atom. The predicted molar refractivity (Wildman–Crippen MR) is 82.3 cm³/mol. The van der Waals surface area contributed by atoms with Gasteiger partial charge in [0, 0.05) is 25.6 Å². The number of carbonyl (C=O) groups excluding carboxylic acids is 2. The van der Waals surface area contributed by atoms with Crippen molar-refractivity contribution in [3.63, 3.8) is 0 Å². The minimum Gasteiger partial charge on any atom is -0.351 e. The van der Waals surface area contributed by atoms with Gasteiger partial charge in [-0.2, -0.15) is 0 Å². The molecule has 1 saturated carbocycles. The number of aromatic nitrogens is 2. The molecule has 3 rings (SSSR count). The molecule has 8 heteroatoms. The fourth-order valence-electron chi connectivity index (χ4n) is 2.76. The first-order valence-corrected chi connectivity index (χ1v) is 7.93. The number of nitrogens with one attached hydrogen (secondary N) is 1. The number of hydrogen-bond acceptors (Lipinski definition) is 4. The molecule has 1 aliphatic heterocycles. The van der Waals surface area contributed by atoms with Gasteiger partial charge in [0.2, 0.25) is 5.91 Å². The first-order valence-electron chi connectivity index (χ1n) is 7.93. The van der Waals surface area contributed by atoms with Gasteiger partial charge in [0.25, 0.3) is 5.56 Å². The molecule has 1 aliphatic carbocycles. The Hall–Kier alpha value is -2.38. The Kier molecular flexibility index (Phi) is 4.31. The van der Waals surface area contributed by atoms with Crippen molar-refractivity contribution in [2.45, 2.75) is 45.3 Å². The molecule has 0 spiro atoms. The summed E-state index contributed by atoms with van der Waals surface area (Å²) in [4.78, 5) is 41.3. The molecular formula is C15H21N5O3. The van der Waals surface area contributed by atoms with Crippen LogP contribution in [0.5, 0.6) is 0 Å². The SMILES string of the molecule is NC(=O)N1CCCn2c(nc(CNC(=O)CC3CC3)cc2=O)C1. The first-order chi connectivity index (χ1) is 11.0. The molecule has 0 bridgehead atoms. The van der Waals surface area contributed by atoms with Crippen LogP contribution in [0.25, 0.3) is 0 Å². The zero-order valence-electron chi connectivity index (χ0n) is 13.0. The average Bonchev–Trinajstić information content (AvgIpc) is 3.31. The van der Waals surface area contributed by atoms with Crippen LogP contribution in [-0.2, 0) is 24.4 Å². The van der Waals surface area contributed by atoms with Gasteiger partial charge in [-0.15, -0.1) is 0 Å². The van der Waals surface area contributed by atoms with Gasteiger partial charge in [-0.3, -0.25) is 14.2 Å². The molecule has 1 fully saturated rings. The molecule has 0 saturated heterocycles. The van der Waals surface area contributed by atoms with Crippen LogP contribution < -0.4 is 16.6 Å². The van der Waals surface area contributed by atoms with E-state index in [0.29, 0.717) is 43.4 Å². The zero-order chi connectivity index (χ0) is 16.4. The Bertz CT molecular complexity index is 680. The maximum Gasteiger partial charge on any atom is 0.315 e. The number of fused-ring (bicyclic) bond motifs is 1. The summed E-state index contributed by atoms with van der Waals surface area (Å²) in [6, 6.07) is 0.928. The predicted octanol–water partition coefficient (Wildman–Crippen LogP) is -0.0560. The van der Waals surface area contributed by atoms with Crippen molar-refractivity contribution in [2.24, 2.45) is 11.7 Å². The highest BCUT2D eigenvalue weighted by Crippen LogP contribution is 2.32. The number of rotatable bonds is 4. The van der Waals surface area contributed by atoms with Crippen molar-refractivity contribution >= 4 is 11.9 Å². The van der Waals surface area contributed by atoms with E-state index in [1.807, 2.05) is 0 Å². The van der Waals surface area contributed by atoms with Gasteiger partial charge < -0.3 is 16.0 Å². The number of nitrogens with zero attached hydrogens (tertiary/aromatic N) is 3. The van der Waals surface area contributed by atoms with E-state index < -0.39 is 6.03 Å². The highest BCUT2D eigenvalue weighted by Gasteiger charge is 2.24. The molecule has 1 aromatic rings. The fraction of sp³-hybridized carbons (Fsp3) is 0.600. The number of primary amides is 1. The zero-order valence-corrected chi connectivity index (χ0v) is 13.0. The second kappa shape index (κ2) is 6.39. The molecule has 1 aromatic heterocycles. The van der Waals surface area contributed by atoms with E-state index in [4.69, 9.17) is 5.73 Å². The lowest BCUT2D eigenvalue weighted by molar-refractivity contribution is -0.121. The summed E-state index contributed by atoms with van der Waals surface area (Å²) in [5.41, 5.74) is 5.69. The molecule has 124 valence electrons. The summed E-state index contributed by atoms with van der Waals surface area (Å²) in [6.07, 6.45) is 3.44. The topological polar surface area (TPSA) is 110 Å². The maximum atomic E-state index is 12.2. The number of nitrogens with two attached hydrogens (primary N) is 1. The molecule has 0 atom stereocenters. The summed E-state index contributed by atoms with van der Waals surface area (Å²) in [5.74, 6) is 1.02. The molecule has 3 amide bonds. The minimum atomic E-state index is -0.518. The van der Waals surface area contributed by atoms with Crippen molar-refractivity contribution in [2.75, 3.05) is 6.54 Å². The lowest BCUT2D eigenvalue weighted by Crippen LogP contribution is -2.36.